The Bertz CT molecular complexity index is 676. The first-order valence-corrected chi connectivity index (χ1v) is 6.54. The maximum absolute atomic E-state index is 13.2. The van der Waals surface area contributed by atoms with Gasteiger partial charge in [-0.05, 0) is 29.3 Å². The summed E-state index contributed by atoms with van der Waals surface area (Å²) >= 11 is 18.2. The highest BCUT2D eigenvalue weighted by Gasteiger charge is 2.31. The predicted octanol–water partition coefficient (Wildman–Crippen LogP) is 5.07. The van der Waals surface area contributed by atoms with Crippen molar-refractivity contribution in [2.75, 3.05) is 0 Å². The second-order valence-corrected chi connectivity index (χ2v) is 5.74. The van der Waals surface area contributed by atoms with E-state index in [0.717, 1.165) is 0 Å². The Kier molecular flexibility index (Phi) is 4.18. The molecule has 0 fully saturated rings. The number of nitro groups is 1. The summed E-state index contributed by atoms with van der Waals surface area (Å²) in [5.41, 5.74) is 0.200. The van der Waals surface area contributed by atoms with Crippen LogP contribution in [0.15, 0.2) is 42.5 Å². The van der Waals surface area contributed by atoms with Crippen molar-refractivity contribution in [3.63, 3.8) is 0 Å². The molecule has 0 radical (unpaired) electrons. The molecule has 0 aliphatic heterocycles. The van der Waals surface area contributed by atoms with Crippen LogP contribution in [0, 0.1) is 15.9 Å². The molecule has 0 heterocycles. The molecule has 3 nitrogen and oxygen atoms in total. The van der Waals surface area contributed by atoms with Gasteiger partial charge in [-0.2, -0.15) is 0 Å². The molecule has 0 atom stereocenters. The van der Waals surface area contributed by atoms with Crippen LogP contribution in [-0.4, -0.2) is 4.92 Å². The van der Waals surface area contributed by atoms with Gasteiger partial charge >= 0.3 is 0 Å². The molecular weight excluding hydrogens is 328 g/mol. The third-order valence-electron chi connectivity index (χ3n) is 2.69. The lowest BCUT2D eigenvalue weighted by Crippen LogP contribution is -2.13. The number of rotatable bonds is 3. The molecule has 0 amide bonds. The molecular formula is C13H7Cl3FNO2. The summed E-state index contributed by atoms with van der Waals surface area (Å²) in [5.74, 6) is -0.503. The summed E-state index contributed by atoms with van der Waals surface area (Å²) in [6.07, 6.45) is 0. The minimum absolute atomic E-state index is 0.0258. The Balaban J connectivity index is 2.54. The van der Waals surface area contributed by atoms with E-state index in [4.69, 9.17) is 34.8 Å². The van der Waals surface area contributed by atoms with Crippen molar-refractivity contribution in [1.29, 1.82) is 0 Å². The Morgan fingerprint density at radius 2 is 1.75 bits per heavy atom. The van der Waals surface area contributed by atoms with Gasteiger partial charge in [-0.25, -0.2) is 4.39 Å². The first-order valence-electron chi connectivity index (χ1n) is 5.40. The van der Waals surface area contributed by atoms with E-state index < -0.39 is 15.1 Å². The number of benzene rings is 2. The van der Waals surface area contributed by atoms with Crippen molar-refractivity contribution < 1.29 is 9.31 Å². The van der Waals surface area contributed by atoms with E-state index in [2.05, 4.69) is 0 Å². The SMILES string of the molecule is O=[N+]([O-])c1cc(C(Cl)(Cl)c2cccc(F)c2)ccc1Cl. The lowest BCUT2D eigenvalue weighted by Gasteiger charge is -2.20. The molecule has 0 N–H and O–H groups in total. The second-order valence-electron chi connectivity index (χ2n) is 4.01. The molecule has 2 aromatic rings. The second kappa shape index (κ2) is 5.56. The van der Waals surface area contributed by atoms with Gasteiger partial charge in [0.15, 0.2) is 4.33 Å². The fraction of sp³-hybridized carbons (Fsp3) is 0.0769. The smallest absolute Gasteiger partial charge is 0.258 e. The van der Waals surface area contributed by atoms with E-state index in [0.29, 0.717) is 0 Å². The molecule has 0 aliphatic carbocycles. The van der Waals surface area contributed by atoms with Crippen LogP contribution in [0.25, 0.3) is 0 Å². The Morgan fingerprint density at radius 3 is 2.35 bits per heavy atom. The summed E-state index contributed by atoms with van der Waals surface area (Å²) in [7, 11) is 0. The zero-order chi connectivity index (χ0) is 14.9. The number of halogens is 4. The molecule has 20 heavy (non-hydrogen) atoms. The van der Waals surface area contributed by atoms with Crippen LogP contribution in [-0.2, 0) is 4.33 Å². The molecule has 2 aromatic carbocycles. The molecule has 7 heteroatoms. The molecule has 0 unspecified atom stereocenters. The standard InChI is InChI=1S/C13H7Cl3FNO2/c14-11-5-4-9(7-12(11)18(19)20)13(15,16)8-2-1-3-10(17)6-8/h1-7H. The van der Waals surface area contributed by atoms with Crippen LogP contribution in [0.2, 0.25) is 5.02 Å². The largest absolute Gasteiger partial charge is 0.288 e. The van der Waals surface area contributed by atoms with E-state index in [1.165, 1.54) is 42.5 Å². The van der Waals surface area contributed by atoms with Gasteiger partial charge in [0.1, 0.15) is 10.8 Å². The number of hydrogen-bond acceptors (Lipinski definition) is 2. The average Bonchev–Trinajstić information content (AvgIpc) is 2.38. The van der Waals surface area contributed by atoms with Gasteiger partial charge in [-0.3, -0.25) is 10.1 Å². The van der Waals surface area contributed by atoms with Crippen molar-refractivity contribution in [2.45, 2.75) is 4.33 Å². The Hall–Kier alpha value is -1.36. The highest BCUT2D eigenvalue weighted by atomic mass is 35.5. The fourth-order valence-corrected chi connectivity index (χ4v) is 2.36. The topological polar surface area (TPSA) is 43.1 Å². The van der Waals surface area contributed by atoms with Crippen molar-refractivity contribution in [2.24, 2.45) is 0 Å². The van der Waals surface area contributed by atoms with Gasteiger partial charge in [-0.15, -0.1) is 0 Å². The summed E-state index contributed by atoms with van der Waals surface area (Å²) in [5, 5.41) is 10.8. The van der Waals surface area contributed by atoms with Gasteiger partial charge in [-0.1, -0.05) is 53.0 Å². The van der Waals surface area contributed by atoms with Gasteiger partial charge < -0.3 is 0 Å². The third-order valence-corrected chi connectivity index (χ3v) is 3.89. The maximum atomic E-state index is 13.2. The fourth-order valence-electron chi connectivity index (χ4n) is 1.70. The van der Waals surface area contributed by atoms with Crippen molar-refractivity contribution in [1.82, 2.24) is 0 Å². The molecule has 0 aliphatic rings. The quantitative estimate of drug-likeness (QED) is 0.447. The van der Waals surface area contributed by atoms with Gasteiger partial charge in [0.05, 0.1) is 4.92 Å². The van der Waals surface area contributed by atoms with E-state index in [-0.39, 0.29) is 21.8 Å². The normalized spacial score (nSPS) is 11.4. The monoisotopic (exact) mass is 333 g/mol. The predicted molar refractivity (Wildman–Crippen MR) is 77.0 cm³/mol. The Labute approximate surface area is 129 Å². The zero-order valence-corrected chi connectivity index (χ0v) is 12.1. The number of alkyl halides is 2. The molecule has 2 rings (SSSR count). The first-order chi connectivity index (χ1) is 9.32. The minimum atomic E-state index is -1.61. The van der Waals surface area contributed by atoms with Crippen molar-refractivity contribution in [3.05, 3.63) is 74.5 Å². The zero-order valence-electron chi connectivity index (χ0n) is 9.82. The first kappa shape index (κ1) is 15.0. The van der Waals surface area contributed by atoms with Gasteiger partial charge in [0.2, 0.25) is 0 Å². The number of nitro benzene ring substituents is 1. The summed E-state index contributed by atoms with van der Waals surface area (Å²) in [6, 6.07) is 9.36. The van der Waals surface area contributed by atoms with Crippen LogP contribution in [0.5, 0.6) is 0 Å². The van der Waals surface area contributed by atoms with Crippen molar-refractivity contribution in [3.8, 4) is 0 Å². The van der Waals surface area contributed by atoms with Crippen molar-refractivity contribution >= 4 is 40.5 Å². The minimum Gasteiger partial charge on any atom is -0.258 e. The van der Waals surface area contributed by atoms with Crippen LogP contribution in [0.1, 0.15) is 11.1 Å². The lowest BCUT2D eigenvalue weighted by molar-refractivity contribution is -0.384. The van der Waals surface area contributed by atoms with E-state index in [1.54, 1.807) is 0 Å². The molecule has 0 bridgehead atoms. The van der Waals surface area contributed by atoms with E-state index in [1.807, 2.05) is 0 Å². The third kappa shape index (κ3) is 2.87. The molecule has 104 valence electrons. The number of nitrogens with zero attached hydrogens (tertiary/aromatic N) is 1. The summed E-state index contributed by atoms with van der Waals surface area (Å²) in [4.78, 5) is 10.2. The highest BCUT2D eigenvalue weighted by Crippen LogP contribution is 2.43. The van der Waals surface area contributed by atoms with Crippen LogP contribution >= 0.6 is 34.8 Å². The summed E-state index contributed by atoms with van der Waals surface area (Å²) in [6.45, 7) is 0. The van der Waals surface area contributed by atoms with Crippen LogP contribution < -0.4 is 0 Å². The molecule has 0 spiro atoms. The maximum Gasteiger partial charge on any atom is 0.288 e. The van der Waals surface area contributed by atoms with Gasteiger partial charge in [0.25, 0.3) is 5.69 Å². The lowest BCUT2D eigenvalue weighted by atomic mass is 10.0. The van der Waals surface area contributed by atoms with Crippen LogP contribution in [0.4, 0.5) is 10.1 Å². The average molecular weight is 335 g/mol. The van der Waals surface area contributed by atoms with E-state index >= 15 is 0 Å². The van der Waals surface area contributed by atoms with E-state index in [9.17, 15) is 14.5 Å². The molecule has 0 aromatic heterocycles. The van der Waals surface area contributed by atoms with Crippen LogP contribution in [0.3, 0.4) is 0 Å². The Morgan fingerprint density at radius 1 is 1.10 bits per heavy atom. The highest BCUT2D eigenvalue weighted by molar-refractivity contribution is 6.50. The number of hydrogen-bond donors (Lipinski definition) is 0. The summed E-state index contributed by atoms with van der Waals surface area (Å²) < 4.78 is 11.6. The van der Waals surface area contributed by atoms with Gasteiger partial charge in [0, 0.05) is 6.07 Å². The molecule has 0 saturated carbocycles. The molecule has 0 saturated heterocycles.